The van der Waals surface area contributed by atoms with Gasteiger partial charge in [0.25, 0.3) is 0 Å². The second-order valence-corrected chi connectivity index (χ2v) is 9.25. The molecule has 0 amide bonds. The molecule has 0 aliphatic carbocycles. The average molecular weight is 423 g/mol. The van der Waals surface area contributed by atoms with Crippen molar-refractivity contribution in [1.82, 2.24) is 0 Å². The van der Waals surface area contributed by atoms with Crippen LogP contribution in [0.25, 0.3) is 0 Å². The summed E-state index contributed by atoms with van der Waals surface area (Å²) in [7, 11) is 6.16. The number of hydrogen-bond acceptors (Lipinski definition) is 1. The van der Waals surface area contributed by atoms with Gasteiger partial charge in [0.1, 0.15) is 12.7 Å². The summed E-state index contributed by atoms with van der Waals surface area (Å²) in [5, 5.41) is 8.39. The van der Waals surface area contributed by atoms with Crippen molar-refractivity contribution in [1.29, 1.82) is 0 Å². The molecule has 0 bridgehead atoms. The number of likely N-dealkylation sites (N-methyl/N-ethyl adjacent to an activating group) is 1. The maximum absolute atomic E-state index is 8.39. The predicted molar refractivity (Wildman–Crippen MR) is 140 cm³/mol. The Balaban J connectivity index is 0.000000360. The first-order chi connectivity index (χ1) is 15.5. The van der Waals surface area contributed by atoms with Gasteiger partial charge in [0, 0.05) is 0 Å². The van der Waals surface area contributed by atoms with Gasteiger partial charge in [-0.2, -0.15) is 21.9 Å². The van der Waals surface area contributed by atoms with Crippen LogP contribution in [0.1, 0.15) is 0 Å². The zero-order valence-electron chi connectivity index (χ0n) is 19.4. The molecule has 4 rings (SSSR count). The lowest BCUT2D eigenvalue weighted by atomic mass is 9.13. The standard InChI is InChI=1S/C24H20B.C5H14NO/c1-5-13-21(14-6-1)25(22-15-7-2-8-16-22,23-17-9-3-10-18-23)24-19-11-4-12-20-24;1-6(2,3)4-5-7/h1-20H;7H,4-5H2,1-3H3/q-1;+1. The second kappa shape index (κ2) is 10.9. The molecule has 32 heavy (non-hydrogen) atoms. The molecule has 2 nitrogen and oxygen atoms in total. The van der Waals surface area contributed by atoms with Gasteiger partial charge in [0.2, 0.25) is 0 Å². The molecule has 0 aromatic heterocycles. The van der Waals surface area contributed by atoms with E-state index in [1.807, 2.05) is 0 Å². The molecule has 0 aliphatic rings. The van der Waals surface area contributed by atoms with Crippen LogP contribution in [-0.4, -0.2) is 50.0 Å². The minimum absolute atomic E-state index is 0.281. The molecule has 3 heteroatoms. The number of hydrogen-bond donors (Lipinski definition) is 1. The average Bonchev–Trinajstić information content (AvgIpc) is 2.82. The Morgan fingerprint density at radius 3 is 0.906 bits per heavy atom. The van der Waals surface area contributed by atoms with Gasteiger partial charge in [-0.15, -0.1) is 0 Å². The molecule has 1 N–H and O–H groups in total. The van der Waals surface area contributed by atoms with Gasteiger partial charge >= 0.3 is 0 Å². The summed E-state index contributed by atoms with van der Waals surface area (Å²) < 4.78 is 0.844. The number of aliphatic hydroxyl groups excluding tert-OH is 1. The molecule has 0 heterocycles. The Morgan fingerprint density at radius 2 is 0.750 bits per heavy atom. The Labute approximate surface area is 193 Å². The van der Waals surface area contributed by atoms with E-state index in [1.54, 1.807) is 0 Å². The number of nitrogens with zero attached hydrogens (tertiary/aromatic N) is 1. The summed E-state index contributed by atoms with van der Waals surface area (Å²) in [4.78, 5) is 0. The third-order valence-corrected chi connectivity index (χ3v) is 5.97. The molecule has 0 atom stereocenters. The molecule has 0 fully saturated rings. The number of rotatable bonds is 6. The van der Waals surface area contributed by atoms with Crippen molar-refractivity contribution in [3.8, 4) is 0 Å². The third-order valence-electron chi connectivity index (χ3n) is 5.97. The molecule has 0 aliphatic heterocycles. The molecular weight excluding hydrogens is 389 g/mol. The van der Waals surface area contributed by atoms with E-state index in [9.17, 15) is 0 Å². The molecule has 0 radical (unpaired) electrons. The zero-order valence-corrected chi connectivity index (χ0v) is 19.4. The maximum Gasteiger partial charge on any atom is 0.108 e. The van der Waals surface area contributed by atoms with Crippen molar-refractivity contribution in [2.24, 2.45) is 0 Å². The third kappa shape index (κ3) is 5.56. The van der Waals surface area contributed by atoms with Crippen LogP contribution in [0.2, 0.25) is 0 Å². The van der Waals surface area contributed by atoms with Crippen LogP contribution in [0.15, 0.2) is 121 Å². The summed E-state index contributed by atoms with van der Waals surface area (Å²) >= 11 is 0. The molecule has 4 aromatic rings. The molecule has 0 saturated carbocycles. The first kappa shape index (κ1) is 23.5. The topological polar surface area (TPSA) is 20.2 Å². The monoisotopic (exact) mass is 423 g/mol. The highest BCUT2D eigenvalue weighted by atomic mass is 16.3. The van der Waals surface area contributed by atoms with Crippen LogP contribution in [0, 0.1) is 0 Å². The van der Waals surface area contributed by atoms with Gasteiger partial charge in [-0.1, -0.05) is 121 Å². The van der Waals surface area contributed by atoms with Crippen molar-refractivity contribution >= 4 is 28.0 Å². The predicted octanol–water partition coefficient (Wildman–Crippen LogP) is 2.75. The van der Waals surface area contributed by atoms with Crippen molar-refractivity contribution in [3.05, 3.63) is 121 Å². The SMILES string of the molecule is C[N+](C)(C)CCO.c1ccc([B-](c2ccccc2)(c2ccccc2)c2ccccc2)cc1. The highest BCUT2D eigenvalue weighted by molar-refractivity contribution is 7.19. The quantitative estimate of drug-likeness (QED) is 0.374. The van der Waals surface area contributed by atoms with Crippen LogP contribution in [0.5, 0.6) is 0 Å². The number of benzene rings is 4. The lowest BCUT2D eigenvalue weighted by Gasteiger charge is -2.44. The van der Waals surface area contributed by atoms with Gasteiger partial charge in [0.05, 0.1) is 27.7 Å². The van der Waals surface area contributed by atoms with Crippen molar-refractivity contribution in [2.45, 2.75) is 0 Å². The lowest BCUT2D eigenvalue weighted by Crippen LogP contribution is -2.74. The number of quaternary nitrogens is 1. The smallest absolute Gasteiger partial charge is 0.108 e. The van der Waals surface area contributed by atoms with E-state index < -0.39 is 6.15 Å². The number of aliphatic hydroxyl groups is 1. The summed E-state index contributed by atoms with van der Waals surface area (Å²) in [6, 6.07) is 43.5. The maximum atomic E-state index is 8.39. The van der Waals surface area contributed by atoms with E-state index in [0.29, 0.717) is 0 Å². The Morgan fingerprint density at radius 1 is 0.500 bits per heavy atom. The van der Waals surface area contributed by atoms with Gasteiger partial charge < -0.3 is 9.59 Å². The van der Waals surface area contributed by atoms with Crippen LogP contribution < -0.4 is 21.9 Å². The Kier molecular flexibility index (Phi) is 8.05. The van der Waals surface area contributed by atoms with Crippen molar-refractivity contribution in [3.63, 3.8) is 0 Å². The minimum atomic E-state index is -1.22. The van der Waals surface area contributed by atoms with Crippen molar-refractivity contribution < 1.29 is 9.59 Å². The molecule has 164 valence electrons. The Hall–Kier alpha value is -3.14. The van der Waals surface area contributed by atoms with Gasteiger partial charge in [-0.3, -0.25) is 0 Å². The molecule has 0 unspecified atom stereocenters. The fraction of sp³-hybridized carbons (Fsp3) is 0.172. The van der Waals surface area contributed by atoms with E-state index in [0.717, 1.165) is 11.0 Å². The van der Waals surface area contributed by atoms with E-state index in [4.69, 9.17) is 5.11 Å². The van der Waals surface area contributed by atoms with E-state index in [1.165, 1.54) is 21.9 Å². The summed E-state index contributed by atoms with van der Waals surface area (Å²) in [6.07, 6.45) is -1.22. The molecular formula is C29H34BNO. The second-order valence-electron chi connectivity index (χ2n) is 9.25. The van der Waals surface area contributed by atoms with E-state index in [2.05, 4.69) is 142 Å². The summed E-state index contributed by atoms with van der Waals surface area (Å²) in [6.45, 7) is 1.11. The van der Waals surface area contributed by atoms with Crippen molar-refractivity contribution in [2.75, 3.05) is 34.3 Å². The summed E-state index contributed by atoms with van der Waals surface area (Å²) in [5.41, 5.74) is 5.36. The van der Waals surface area contributed by atoms with E-state index >= 15 is 0 Å². The molecule has 0 saturated heterocycles. The van der Waals surface area contributed by atoms with Crippen LogP contribution in [0.4, 0.5) is 0 Å². The first-order valence-corrected chi connectivity index (χ1v) is 11.3. The fourth-order valence-electron chi connectivity index (χ4n) is 4.42. The minimum Gasteiger partial charge on any atom is -0.391 e. The summed E-state index contributed by atoms with van der Waals surface area (Å²) in [5.74, 6) is 0. The van der Waals surface area contributed by atoms with E-state index in [-0.39, 0.29) is 6.61 Å². The van der Waals surface area contributed by atoms with Crippen LogP contribution >= 0.6 is 0 Å². The van der Waals surface area contributed by atoms with Crippen LogP contribution in [0.3, 0.4) is 0 Å². The highest BCUT2D eigenvalue weighted by Gasteiger charge is 2.30. The lowest BCUT2D eigenvalue weighted by molar-refractivity contribution is -0.870. The van der Waals surface area contributed by atoms with Gasteiger partial charge in [0.15, 0.2) is 0 Å². The van der Waals surface area contributed by atoms with Crippen LogP contribution in [-0.2, 0) is 0 Å². The van der Waals surface area contributed by atoms with Gasteiger partial charge in [-0.25, -0.2) is 0 Å². The molecule has 4 aromatic carbocycles. The first-order valence-electron chi connectivity index (χ1n) is 11.3. The molecule has 0 spiro atoms. The Bertz CT molecular complexity index is 882. The van der Waals surface area contributed by atoms with Gasteiger partial charge in [-0.05, 0) is 0 Å². The zero-order chi connectivity index (χ0) is 22.9. The highest BCUT2D eigenvalue weighted by Crippen LogP contribution is 2.09. The normalized spacial score (nSPS) is 11.4. The fourth-order valence-corrected chi connectivity index (χ4v) is 4.42. The largest absolute Gasteiger partial charge is 0.391 e.